The van der Waals surface area contributed by atoms with E-state index in [1.54, 1.807) is 23.9 Å². The molecule has 4 rings (SSSR count). The number of alkyl halides is 1. The summed E-state index contributed by atoms with van der Waals surface area (Å²) in [7, 11) is -0.697. The molecule has 3 amide bonds. The van der Waals surface area contributed by atoms with Gasteiger partial charge in [0.2, 0.25) is 5.91 Å². The maximum absolute atomic E-state index is 13.4. The van der Waals surface area contributed by atoms with Gasteiger partial charge in [0.15, 0.2) is 0 Å². The molecule has 3 aromatic carbocycles. The minimum Gasteiger partial charge on any atom is -0.355 e. The maximum atomic E-state index is 13.4. The molecular weight excluding hydrogens is 637 g/mol. The molecule has 7 nitrogen and oxygen atoms in total. The van der Waals surface area contributed by atoms with Gasteiger partial charge in [0.05, 0.1) is 0 Å². The molecule has 0 saturated heterocycles. The second kappa shape index (κ2) is 16.4. The highest BCUT2D eigenvalue weighted by molar-refractivity contribution is 7.98. The van der Waals surface area contributed by atoms with E-state index in [-0.39, 0.29) is 17.4 Å². The molecule has 0 bridgehead atoms. The molecular formula is C33H32ClF2N4O3PS. The van der Waals surface area contributed by atoms with Gasteiger partial charge in [0.25, 0.3) is 11.8 Å². The fourth-order valence-corrected chi connectivity index (χ4v) is 7.13. The molecule has 1 aliphatic heterocycles. The number of amides is 3. The van der Waals surface area contributed by atoms with E-state index in [9.17, 15) is 23.2 Å². The van der Waals surface area contributed by atoms with Gasteiger partial charge >= 0.3 is 0 Å². The van der Waals surface area contributed by atoms with Crippen LogP contribution >= 0.6 is 31.3 Å². The number of allylic oxidation sites excluding steroid dienone is 4. The zero-order valence-electron chi connectivity index (χ0n) is 24.6. The van der Waals surface area contributed by atoms with Crippen LogP contribution in [0.2, 0.25) is 0 Å². The van der Waals surface area contributed by atoms with Crippen molar-refractivity contribution < 1.29 is 23.2 Å². The van der Waals surface area contributed by atoms with Crippen LogP contribution < -0.4 is 26.2 Å². The van der Waals surface area contributed by atoms with Crippen LogP contribution in [-0.2, 0) is 14.4 Å². The Balaban J connectivity index is 1.59. The van der Waals surface area contributed by atoms with E-state index in [0.29, 0.717) is 30.9 Å². The summed E-state index contributed by atoms with van der Waals surface area (Å²) in [4.78, 5) is 41.3. The fraction of sp³-hybridized carbons (Fsp3) is 0.182. The van der Waals surface area contributed by atoms with Gasteiger partial charge in [-0.2, -0.15) is 0 Å². The lowest BCUT2D eigenvalue weighted by Gasteiger charge is -2.22. The highest BCUT2D eigenvalue weighted by atomic mass is 35.5. The Morgan fingerprint density at radius 1 is 0.911 bits per heavy atom. The molecule has 1 aliphatic rings. The Kier molecular flexibility index (Phi) is 12.3. The first kappa shape index (κ1) is 33.9. The normalized spacial score (nSPS) is 14.7. The summed E-state index contributed by atoms with van der Waals surface area (Å²) < 4.78 is 26.7. The third kappa shape index (κ3) is 9.26. The first-order valence-electron chi connectivity index (χ1n) is 13.9. The van der Waals surface area contributed by atoms with Crippen molar-refractivity contribution in [2.45, 2.75) is 11.3 Å². The monoisotopic (exact) mass is 668 g/mol. The van der Waals surface area contributed by atoms with Crippen molar-refractivity contribution >= 4 is 71.4 Å². The van der Waals surface area contributed by atoms with Crippen molar-refractivity contribution in [2.75, 3.05) is 47.4 Å². The number of thioether (sulfide) groups is 1. The molecule has 1 atom stereocenters. The Morgan fingerprint density at radius 2 is 1.51 bits per heavy atom. The minimum atomic E-state index is -0.699. The van der Waals surface area contributed by atoms with Gasteiger partial charge in [-0.1, -0.05) is 12.2 Å². The van der Waals surface area contributed by atoms with Crippen molar-refractivity contribution in [3.63, 3.8) is 0 Å². The number of carbonyl (C=O) groups excluding carboxylic acids is 3. The van der Waals surface area contributed by atoms with Crippen LogP contribution in [0, 0.1) is 11.6 Å². The zero-order valence-corrected chi connectivity index (χ0v) is 27.1. The summed E-state index contributed by atoms with van der Waals surface area (Å²) in [5.74, 6) is -2.62. The molecule has 3 N–H and O–H groups in total. The Morgan fingerprint density at radius 3 is 2.07 bits per heavy atom. The van der Waals surface area contributed by atoms with Crippen LogP contribution in [0.5, 0.6) is 0 Å². The molecule has 234 valence electrons. The van der Waals surface area contributed by atoms with Crippen molar-refractivity contribution in [1.82, 2.24) is 5.32 Å². The molecule has 0 radical (unpaired) electrons. The van der Waals surface area contributed by atoms with Gasteiger partial charge in [-0.05, 0) is 106 Å². The van der Waals surface area contributed by atoms with Gasteiger partial charge in [-0.25, -0.2) is 8.78 Å². The van der Waals surface area contributed by atoms with Gasteiger partial charge in [0.1, 0.15) is 23.1 Å². The number of carbonyl (C=O) groups is 3. The number of hydrogen-bond donors (Lipinski definition) is 3. The summed E-state index contributed by atoms with van der Waals surface area (Å²) in [6.07, 6.45) is 9.48. The molecule has 0 fully saturated rings. The smallest absolute Gasteiger partial charge is 0.261 e. The number of nitrogens with one attached hydrogen (secondary N) is 3. The predicted octanol–water partition coefficient (Wildman–Crippen LogP) is 6.59. The topological polar surface area (TPSA) is 90.5 Å². The molecule has 0 aromatic heterocycles. The molecule has 12 heteroatoms. The Bertz CT molecular complexity index is 1570. The van der Waals surface area contributed by atoms with E-state index in [0.717, 1.165) is 11.1 Å². The zero-order chi connectivity index (χ0) is 32.3. The SMILES string of the molecule is CSc1ccc2c(c1)P(C)/C(=C\C=C\C=C(C(=O)Nc1ccc(F)cc1)C(=O)Nc1ccc(F)cc1)N2CCCNC(=O)CCl. The number of hydrogen-bond acceptors (Lipinski definition) is 5. The van der Waals surface area contributed by atoms with E-state index in [4.69, 9.17) is 11.6 Å². The average molecular weight is 669 g/mol. The Hall–Kier alpha value is -3.98. The number of fused-ring (bicyclic) bond motifs is 1. The van der Waals surface area contributed by atoms with E-state index in [1.165, 1.54) is 64.8 Å². The van der Waals surface area contributed by atoms with E-state index in [2.05, 4.69) is 45.7 Å². The molecule has 1 heterocycles. The van der Waals surface area contributed by atoms with Gasteiger partial charge in [0, 0.05) is 45.8 Å². The quantitative estimate of drug-likeness (QED) is 0.0296. The van der Waals surface area contributed by atoms with Crippen molar-refractivity contribution in [3.8, 4) is 0 Å². The third-order valence-corrected chi connectivity index (χ3v) is 9.90. The predicted molar refractivity (Wildman–Crippen MR) is 182 cm³/mol. The summed E-state index contributed by atoms with van der Waals surface area (Å²) >= 11 is 7.28. The lowest BCUT2D eigenvalue weighted by molar-refractivity contribution is -0.119. The van der Waals surface area contributed by atoms with Crippen LogP contribution in [0.1, 0.15) is 6.42 Å². The molecule has 0 saturated carbocycles. The summed E-state index contributed by atoms with van der Waals surface area (Å²) in [5, 5.41) is 9.28. The lowest BCUT2D eigenvalue weighted by atomic mass is 10.1. The van der Waals surface area contributed by atoms with Crippen LogP contribution in [0.15, 0.2) is 107 Å². The summed E-state index contributed by atoms with van der Waals surface area (Å²) in [6, 6.07) is 16.8. The minimum absolute atomic E-state index is 0.0838. The van der Waals surface area contributed by atoms with Gasteiger partial charge < -0.3 is 20.9 Å². The maximum Gasteiger partial charge on any atom is 0.261 e. The van der Waals surface area contributed by atoms with Crippen LogP contribution in [0.4, 0.5) is 25.8 Å². The standard InChI is InChI=1S/C33H32ClF2N4O3PS/c1-44-29-20-26(45-2)16-17-28(29)40(19-5-18-37-30(41)21-34)31(44)7-4-3-6-27(32(42)38-24-12-8-22(35)9-13-24)33(43)39-25-14-10-23(36)11-15-25/h3-4,6-17,20H,5,18-19,21H2,1-2H3,(H,37,41)(H,38,42)(H,39,43)/b4-3+,31-7-. The van der Waals surface area contributed by atoms with Gasteiger partial charge in [-0.3, -0.25) is 14.4 Å². The van der Waals surface area contributed by atoms with Crippen LogP contribution in [0.3, 0.4) is 0 Å². The molecule has 45 heavy (non-hydrogen) atoms. The Labute approximate surface area is 271 Å². The number of halogens is 3. The molecule has 1 unspecified atom stereocenters. The van der Waals surface area contributed by atoms with Crippen LogP contribution in [0.25, 0.3) is 0 Å². The first-order chi connectivity index (χ1) is 21.7. The number of rotatable bonds is 12. The first-order valence-corrected chi connectivity index (χ1v) is 17.5. The number of nitrogens with zero attached hydrogens (tertiary/aromatic N) is 1. The molecule has 0 aliphatic carbocycles. The summed E-state index contributed by atoms with van der Waals surface area (Å²) in [6.45, 7) is 3.34. The van der Waals surface area contributed by atoms with E-state index >= 15 is 0 Å². The average Bonchev–Trinajstić information content (AvgIpc) is 3.30. The third-order valence-electron chi connectivity index (χ3n) is 6.77. The number of benzene rings is 3. The highest BCUT2D eigenvalue weighted by Crippen LogP contribution is 2.52. The van der Waals surface area contributed by atoms with E-state index < -0.39 is 31.4 Å². The molecule has 0 spiro atoms. The van der Waals surface area contributed by atoms with Gasteiger partial charge in [-0.15, -0.1) is 23.4 Å². The molecule has 3 aromatic rings. The van der Waals surface area contributed by atoms with E-state index in [1.807, 2.05) is 12.3 Å². The highest BCUT2D eigenvalue weighted by Gasteiger charge is 2.30. The summed E-state index contributed by atoms with van der Waals surface area (Å²) in [5.41, 5.74) is 2.62. The fourth-order valence-electron chi connectivity index (χ4n) is 4.52. The largest absolute Gasteiger partial charge is 0.355 e. The lowest BCUT2D eigenvalue weighted by Crippen LogP contribution is -2.29. The van der Waals surface area contributed by atoms with Crippen LogP contribution in [-0.4, -0.2) is 49.6 Å². The number of anilines is 3. The van der Waals surface area contributed by atoms with Crippen molar-refractivity contribution in [2.24, 2.45) is 0 Å². The van der Waals surface area contributed by atoms with Crippen molar-refractivity contribution in [3.05, 3.63) is 114 Å². The second-order valence-corrected chi connectivity index (χ2v) is 13.0. The van der Waals surface area contributed by atoms with Crippen molar-refractivity contribution in [1.29, 1.82) is 0 Å². The second-order valence-electron chi connectivity index (χ2n) is 9.81.